The van der Waals surface area contributed by atoms with Crippen LogP contribution < -0.4 is 10.6 Å². The van der Waals surface area contributed by atoms with Crippen LogP contribution in [0.15, 0.2) is 12.3 Å². The summed E-state index contributed by atoms with van der Waals surface area (Å²) in [6.45, 7) is 14.2. The van der Waals surface area contributed by atoms with E-state index in [0.717, 1.165) is 43.4 Å². The van der Waals surface area contributed by atoms with Crippen molar-refractivity contribution in [3.63, 3.8) is 0 Å². The Kier molecular flexibility index (Phi) is 12.9. The zero-order valence-electron chi connectivity index (χ0n) is 24.8. The lowest BCUT2D eigenvalue weighted by molar-refractivity contribution is 0.0630. The minimum absolute atomic E-state index is 0.0186. The number of hydrogen-bond donors (Lipinski definition) is 3. The van der Waals surface area contributed by atoms with E-state index < -0.39 is 17.9 Å². The van der Waals surface area contributed by atoms with Crippen molar-refractivity contribution in [3.8, 4) is 10.4 Å². The molecule has 1 unspecified atom stereocenters. The van der Waals surface area contributed by atoms with Crippen molar-refractivity contribution in [2.75, 3.05) is 25.0 Å². The first-order chi connectivity index (χ1) is 19.0. The van der Waals surface area contributed by atoms with E-state index in [4.69, 9.17) is 0 Å². The van der Waals surface area contributed by atoms with Gasteiger partial charge in [0.15, 0.2) is 5.01 Å². The number of nitrogens with zero attached hydrogens (tertiary/aromatic N) is 3. The van der Waals surface area contributed by atoms with Crippen LogP contribution in [0.4, 0.5) is 14.6 Å². The van der Waals surface area contributed by atoms with Gasteiger partial charge in [0.05, 0.1) is 10.5 Å². The van der Waals surface area contributed by atoms with Crippen LogP contribution in [-0.2, 0) is 0 Å². The second-order valence-electron chi connectivity index (χ2n) is 10.3. The molecule has 2 aliphatic rings. The monoisotopic (exact) mass is 581 g/mol. The van der Waals surface area contributed by atoms with Gasteiger partial charge >= 0.3 is 0 Å². The van der Waals surface area contributed by atoms with Crippen molar-refractivity contribution < 1.29 is 23.5 Å². The van der Waals surface area contributed by atoms with E-state index in [1.54, 1.807) is 18.7 Å². The van der Waals surface area contributed by atoms with Gasteiger partial charge < -0.3 is 20.6 Å². The molecule has 1 aliphatic heterocycles. The zero-order chi connectivity index (χ0) is 30.0. The number of halogens is 2. The molecule has 1 saturated heterocycles. The summed E-state index contributed by atoms with van der Waals surface area (Å²) in [5.41, 5.74) is -1.34. The molecule has 0 bridgehead atoms. The molecule has 0 aromatic carbocycles. The first kappa shape index (κ1) is 33.5. The van der Waals surface area contributed by atoms with Gasteiger partial charge in [-0.15, -0.1) is 11.3 Å². The fourth-order valence-corrected chi connectivity index (χ4v) is 5.17. The second-order valence-corrected chi connectivity index (χ2v) is 11.3. The van der Waals surface area contributed by atoms with E-state index in [2.05, 4.69) is 20.6 Å². The van der Waals surface area contributed by atoms with Crippen molar-refractivity contribution in [3.05, 3.63) is 28.5 Å². The number of alkyl halides is 2. The highest BCUT2D eigenvalue weighted by Crippen LogP contribution is 2.39. The van der Waals surface area contributed by atoms with Gasteiger partial charge in [0.1, 0.15) is 11.5 Å². The summed E-state index contributed by atoms with van der Waals surface area (Å²) in [5.74, 6) is -0.0654. The van der Waals surface area contributed by atoms with Gasteiger partial charge in [-0.3, -0.25) is 9.59 Å². The van der Waals surface area contributed by atoms with Crippen LogP contribution in [0.5, 0.6) is 0 Å². The molecule has 1 atom stereocenters. The standard InChI is InChI=1S/C25H33F2N5O3S.2C2H6/c1-14-6-4-5-9-32(14)24(34)19-20(36-23(31-19)22(33)30-13-25(2,3)35)17-12-29-18(10-16(17)21(26)27)28-11-15-7-8-15;2*1-2/h10,12,14-15,21,35H,4-9,11,13H2,1-3H3,(H,28,29)(H,30,33);2*1-2H3. The lowest BCUT2D eigenvalue weighted by Crippen LogP contribution is -2.42. The molecule has 1 aliphatic carbocycles. The van der Waals surface area contributed by atoms with Crippen LogP contribution in [-0.4, -0.2) is 63.1 Å². The fraction of sp³-hybridized carbons (Fsp3) is 0.655. The predicted molar refractivity (Wildman–Crippen MR) is 157 cm³/mol. The Morgan fingerprint density at radius 2 is 1.85 bits per heavy atom. The molecule has 0 radical (unpaired) electrons. The Morgan fingerprint density at radius 1 is 1.18 bits per heavy atom. The first-order valence-electron chi connectivity index (χ1n) is 14.4. The first-order valence-corrected chi connectivity index (χ1v) is 15.2. The van der Waals surface area contributed by atoms with Gasteiger partial charge in [-0.05, 0) is 64.9 Å². The second kappa shape index (κ2) is 15.4. The molecule has 224 valence electrons. The Balaban J connectivity index is 0.00000134. The van der Waals surface area contributed by atoms with Crippen LogP contribution in [0.1, 0.15) is 113 Å². The predicted octanol–water partition coefficient (Wildman–Crippen LogP) is 6.53. The van der Waals surface area contributed by atoms with Gasteiger partial charge in [0.25, 0.3) is 18.2 Å². The molecule has 11 heteroatoms. The summed E-state index contributed by atoms with van der Waals surface area (Å²) in [6.07, 6.45) is 3.46. The zero-order valence-corrected chi connectivity index (χ0v) is 25.6. The highest BCUT2D eigenvalue weighted by Gasteiger charge is 2.32. The van der Waals surface area contributed by atoms with Crippen LogP contribution in [0.25, 0.3) is 10.4 Å². The molecule has 2 fully saturated rings. The number of aliphatic hydroxyl groups is 1. The van der Waals surface area contributed by atoms with Gasteiger partial charge in [-0.25, -0.2) is 18.7 Å². The Labute approximate surface area is 241 Å². The number of pyridine rings is 1. The molecule has 3 heterocycles. The van der Waals surface area contributed by atoms with Crippen LogP contribution in [0.2, 0.25) is 0 Å². The van der Waals surface area contributed by atoms with Gasteiger partial charge in [0, 0.05) is 43.0 Å². The number of nitrogens with one attached hydrogen (secondary N) is 2. The fourth-order valence-electron chi connectivity index (χ4n) is 4.16. The number of amides is 2. The summed E-state index contributed by atoms with van der Waals surface area (Å²) >= 11 is 0.884. The summed E-state index contributed by atoms with van der Waals surface area (Å²) in [4.78, 5) is 36.9. The van der Waals surface area contributed by atoms with Crippen LogP contribution in [0.3, 0.4) is 0 Å². The number of likely N-dealkylation sites (tertiary alicyclic amines) is 1. The molecule has 1 saturated carbocycles. The maximum absolute atomic E-state index is 14.2. The quantitative estimate of drug-likeness (QED) is 0.311. The number of carbonyl (C=O) groups is 2. The number of piperidine rings is 1. The summed E-state index contributed by atoms with van der Waals surface area (Å²) < 4.78 is 28.4. The van der Waals surface area contributed by atoms with E-state index in [1.807, 2.05) is 34.6 Å². The number of carbonyl (C=O) groups excluding carboxylic acids is 2. The number of rotatable bonds is 9. The topological polar surface area (TPSA) is 107 Å². The molecule has 0 spiro atoms. The van der Waals surface area contributed by atoms with Crippen molar-refractivity contribution >= 4 is 29.0 Å². The third-order valence-electron chi connectivity index (χ3n) is 6.45. The highest BCUT2D eigenvalue weighted by atomic mass is 32.1. The molecular weight excluding hydrogens is 536 g/mol. The van der Waals surface area contributed by atoms with Gasteiger partial charge in [-0.2, -0.15) is 0 Å². The van der Waals surface area contributed by atoms with Crippen LogP contribution in [0, 0.1) is 5.92 Å². The molecule has 2 aromatic heterocycles. The van der Waals surface area contributed by atoms with Gasteiger partial charge in [0.2, 0.25) is 0 Å². The lowest BCUT2D eigenvalue weighted by atomic mass is 10.0. The molecule has 8 nitrogen and oxygen atoms in total. The van der Waals surface area contributed by atoms with E-state index in [1.165, 1.54) is 12.3 Å². The number of anilines is 1. The number of hydrogen-bond acceptors (Lipinski definition) is 7. The molecule has 40 heavy (non-hydrogen) atoms. The van der Waals surface area contributed by atoms with Gasteiger partial charge in [-0.1, -0.05) is 27.7 Å². The smallest absolute Gasteiger partial charge is 0.280 e. The highest BCUT2D eigenvalue weighted by molar-refractivity contribution is 7.17. The van der Waals surface area contributed by atoms with E-state index >= 15 is 0 Å². The maximum atomic E-state index is 14.2. The SMILES string of the molecule is CC.CC.CC1CCCCN1C(=O)c1nc(C(=O)NCC(C)(C)O)sc1-c1cnc(NCC2CC2)cc1C(F)F. The molecule has 4 rings (SSSR count). The molecule has 2 amide bonds. The normalized spacial score (nSPS) is 16.9. The largest absolute Gasteiger partial charge is 0.389 e. The number of thiazole rings is 1. The average molecular weight is 582 g/mol. The minimum atomic E-state index is -2.81. The van der Waals surface area contributed by atoms with E-state index in [0.29, 0.717) is 24.8 Å². The Morgan fingerprint density at radius 3 is 2.42 bits per heavy atom. The Bertz CT molecular complexity index is 1120. The molecule has 2 aromatic rings. The maximum Gasteiger partial charge on any atom is 0.280 e. The Hall–Kier alpha value is -2.66. The van der Waals surface area contributed by atoms with Crippen molar-refractivity contribution in [1.82, 2.24) is 20.2 Å². The third kappa shape index (κ3) is 9.19. The lowest BCUT2D eigenvalue weighted by Gasteiger charge is -2.33. The third-order valence-corrected chi connectivity index (χ3v) is 7.54. The summed E-state index contributed by atoms with van der Waals surface area (Å²) in [6, 6.07) is 1.29. The molecule has 3 N–H and O–H groups in total. The number of aromatic nitrogens is 2. The van der Waals surface area contributed by atoms with Crippen LogP contribution >= 0.6 is 11.3 Å². The average Bonchev–Trinajstić information content (AvgIpc) is 3.67. The summed E-state index contributed by atoms with van der Waals surface area (Å²) in [7, 11) is 0. The van der Waals surface area contributed by atoms with Crippen molar-refractivity contribution in [1.29, 1.82) is 0 Å². The molecular formula is C29H45F2N5O3S. The van der Waals surface area contributed by atoms with Crippen molar-refractivity contribution in [2.24, 2.45) is 5.92 Å². The van der Waals surface area contributed by atoms with E-state index in [9.17, 15) is 23.5 Å². The van der Waals surface area contributed by atoms with E-state index in [-0.39, 0.29) is 45.2 Å². The van der Waals surface area contributed by atoms with Crippen molar-refractivity contribution in [2.45, 2.75) is 98.6 Å². The summed E-state index contributed by atoms with van der Waals surface area (Å²) in [5, 5.41) is 15.6. The minimum Gasteiger partial charge on any atom is -0.389 e.